The minimum absolute atomic E-state index is 0.0576. The van der Waals surface area contributed by atoms with Gasteiger partial charge in [0.25, 0.3) is 5.69 Å². The Morgan fingerprint density at radius 1 is 1.02 bits per heavy atom. The third-order valence-corrected chi connectivity index (χ3v) is 8.20. The molecule has 40 heavy (non-hydrogen) atoms. The molecule has 2 N–H and O–H groups in total. The fourth-order valence-electron chi connectivity index (χ4n) is 5.98. The number of benzene rings is 3. The Kier molecular flexibility index (Phi) is 7.08. The number of aliphatic carboxylic acids is 1. The van der Waals surface area contributed by atoms with Gasteiger partial charge in [0, 0.05) is 18.2 Å². The van der Waals surface area contributed by atoms with Crippen LogP contribution in [0.15, 0.2) is 78.9 Å². The lowest BCUT2D eigenvalue weighted by atomic mass is 9.72. The molecule has 9 heteroatoms. The van der Waals surface area contributed by atoms with Gasteiger partial charge in [-0.1, -0.05) is 93.1 Å². The molecule has 0 bridgehead atoms. The molecule has 204 valence electrons. The number of non-ortho nitro benzene ring substituents is 1. The van der Waals surface area contributed by atoms with E-state index in [-0.39, 0.29) is 11.4 Å². The van der Waals surface area contributed by atoms with Gasteiger partial charge in [0.2, 0.25) is 11.8 Å². The average molecular weight is 540 g/mol. The molecule has 0 radical (unpaired) electrons. The molecule has 0 spiro atoms. The van der Waals surface area contributed by atoms with Gasteiger partial charge in [-0.05, 0) is 28.7 Å². The first-order chi connectivity index (χ1) is 19.2. The third kappa shape index (κ3) is 4.38. The Morgan fingerprint density at radius 2 is 1.68 bits per heavy atom. The fourth-order valence-corrected chi connectivity index (χ4v) is 5.98. The molecule has 3 aromatic rings. The van der Waals surface area contributed by atoms with Crippen LogP contribution in [0.1, 0.15) is 43.0 Å². The third-order valence-electron chi connectivity index (χ3n) is 8.20. The number of hydrogen-bond acceptors (Lipinski definition) is 6. The number of amides is 2. The molecular weight excluding hydrogens is 510 g/mol. The molecular formula is C31H29N3O6. The summed E-state index contributed by atoms with van der Waals surface area (Å²) in [4.78, 5) is 52.4. The van der Waals surface area contributed by atoms with E-state index in [1.807, 2.05) is 73.7 Å². The summed E-state index contributed by atoms with van der Waals surface area (Å²) in [6, 6.07) is 21.8. The van der Waals surface area contributed by atoms with Crippen LogP contribution in [0, 0.1) is 27.9 Å². The van der Waals surface area contributed by atoms with Crippen LogP contribution in [0.5, 0.6) is 0 Å². The molecule has 3 aromatic carbocycles. The molecule has 2 fully saturated rings. The van der Waals surface area contributed by atoms with Gasteiger partial charge in [0.05, 0.1) is 22.4 Å². The number of nitrogens with one attached hydrogen (secondary N) is 1. The van der Waals surface area contributed by atoms with E-state index in [1.54, 1.807) is 6.92 Å². The van der Waals surface area contributed by atoms with Gasteiger partial charge in [-0.2, -0.15) is 0 Å². The van der Waals surface area contributed by atoms with Crippen molar-refractivity contribution in [3.63, 3.8) is 0 Å². The van der Waals surface area contributed by atoms with Crippen molar-refractivity contribution >= 4 is 41.3 Å². The maximum Gasteiger partial charge on any atom is 0.325 e. The van der Waals surface area contributed by atoms with Crippen molar-refractivity contribution in [1.29, 1.82) is 0 Å². The van der Waals surface area contributed by atoms with Crippen molar-refractivity contribution < 1.29 is 24.4 Å². The molecule has 0 aromatic heterocycles. The number of carbonyl (C=O) groups excluding carboxylic acids is 2. The molecule has 2 aliphatic heterocycles. The van der Waals surface area contributed by atoms with Crippen LogP contribution in [0.3, 0.4) is 0 Å². The number of carboxylic acid groups (broad SMARTS) is 1. The number of rotatable bonds is 8. The van der Waals surface area contributed by atoms with E-state index in [2.05, 4.69) is 5.32 Å². The highest BCUT2D eigenvalue weighted by atomic mass is 16.6. The number of nitro benzene ring substituents is 1. The Morgan fingerprint density at radius 3 is 2.27 bits per heavy atom. The summed E-state index contributed by atoms with van der Waals surface area (Å²) in [5, 5.41) is 25.1. The summed E-state index contributed by atoms with van der Waals surface area (Å²) in [5.74, 6) is -5.12. The molecule has 5 rings (SSSR count). The molecule has 5 unspecified atom stereocenters. The second kappa shape index (κ2) is 10.5. The SMILES string of the molecule is CCC(C)C1(C(=O)O)NC(c2ccc(C=Cc3ccccc3)cc2)C2C(=O)N(c3cccc([N+](=O)[O-])c3)C(=O)C21. The monoisotopic (exact) mass is 539 g/mol. The van der Waals surface area contributed by atoms with E-state index in [0.29, 0.717) is 12.0 Å². The normalized spacial score (nSPS) is 24.9. The lowest BCUT2D eigenvalue weighted by Crippen LogP contribution is -2.59. The number of carboxylic acids is 1. The first-order valence-corrected chi connectivity index (χ1v) is 13.2. The molecule has 2 aliphatic rings. The summed E-state index contributed by atoms with van der Waals surface area (Å²) in [5.41, 5.74) is 0.736. The topological polar surface area (TPSA) is 130 Å². The quantitative estimate of drug-likeness (QED) is 0.177. The number of anilines is 1. The zero-order chi connectivity index (χ0) is 28.6. The molecule has 9 nitrogen and oxygen atoms in total. The predicted molar refractivity (Wildman–Crippen MR) is 150 cm³/mol. The number of nitrogens with zero attached hydrogens (tertiary/aromatic N) is 2. The highest BCUT2D eigenvalue weighted by Gasteiger charge is 2.70. The van der Waals surface area contributed by atoms with Crippen LogP contribution in [0.25, 0.3) is 12.2 Å². The van der Waals surface area contributed by atoms with Crippen molar-refractivity contribution in [2.75, 3.05) is 4.90 Å². The predicted octanol–water partition coefficient (Wildman–Crippen LogP) is 5.08. The number of carbonyl (C=O) groups is 3. The number of nitro groups is 1. The summed E-state index contributed by atoms with van der Waals surface area (Å²) >= 11 is 0. The Balaban J connectivity index is 1.55. The molecule has 2 heterocycles. The van der Waals surface area contributed by atoms with Gasteiger partial charge in [0.1, 0.15) is 5.54 Å². The Hall–Kier alpha value is -4.63. The van der Waals surface area contributed by atoms with Crippen LogP contribution < -0.4 is 10.2 Å². The van der Waals surface area contributed by atoms with E-state index >= 15 is 0 Å². The van der Waals surface area contributed by atoms with Crippen molar-refractivity contribution in [2.24, 2.45) is 17.8 Å². The van der Waals surface area contributed by atoms with Crippen LogP contribution in [-0.4, -0.2) is 33.4 Å². The van der Waals surface area contributed by atoms with Crippen LogP contribution in [0.4, 0.5) is 11.4 Å². The van der Waals surface area contributed by atoms with Gasteiger partial charge in [-0.15, -0.1) is 0 Å². The van der Waals surface area contributed by atoms with Crippen LogP contribution in [-0.2, 0) is 14.4 Å². The van der Waals surface area contributed by atoms with Crippen molar-refractivity contribution in [2.45, 2.75) is 31.8 Å². The second-order valence-corrected chi connectivity index (χ2v) is 10.3. The van der Waals surface area contributed by atoms with Crippen molar-refractivity contribution in [3.8, 4) is 0 Å². The highest BCUT2D eigenvalue weighted by Crippen LogP contribution is 2.53. The lowest BCUT2D eigenvalue weighted by molar-refractivity contribution is -0.384. The first kappa shape index (κ1) is 27.0. The molecule has 2 saturated heterocycles. The average Bonchev–Trinajstić information content (AvgIpc) is 3.46. The lowest BCUT2D eigenvalue weighted by Gasteiger charge is -2.36. The zero-order valence-corrected chi connectivity index (χ0v) is 22.1. The standard InChI is InChI=1S/C31H29N3O6/c1-3-19(2)31(30(37)38)26-25(28(35)33(29(26)36)23-10-7-11-24(18-23)34(39)40)27(32-31)22-16-14-21(15-17-22)13-12-20-8-5-4-6-9-20/h4-19,25-27,32H,3H2,1-2H3,(H,37,38). The Bertz CT molecular complexity index is 1500. The first-order valence-electron chi connectivity index (χ1n) is 13.2. The van der Waals surface area contributed by atoms with E-state index in [9.17, 15) is 29.6 Å². The van der Waals surface area contributed by atoms with Crippen LogP contribution >= 0.6 is 0 Å². The van der Waals surface area contributed by atoms with Crippen molar-refractivity contribution in [3.05, 3.63) is 106 Å². The number of hydrogen-bond donors (Lipinski definition) is 2. The summed E-state index contributed by atoms with van der Waals surface area (Å²) in [7, 11) is 0. The maximum absolute atomic E-state index is 13.9. The summed E-state index contributed by atoms with van der Waals surface area (Å²) < 4.78 is 0. The summed E-state index contributed by atoms with van der Waals surface area (Å²) in [6.45, 7) is 3.60. The van der Waals surface area contributed by atoms with Crippen molar-refractivity contribution in [1.82, 2.24) is 5.32 Å². The minimum atomic E-state index is -1.70. The van der Waals surface area contributed by atoms with Gasteiger partial charge < -0.3 is 5.11 Å². The summed E-state index contributed by atoms with van der Waals surface area (Å²) in [6.07, 6.45) is 4.39. The van der Waals surface area contributed by atoms with Gasteiger partial charge in [-0.25, -0.2) is 4.90 Å². The molecule has 5 atom stereocenters. The molecule has 0 aliphatic carbocycles. The van der Waals surface area contributed by atoms with E-state index in [0.717, 1.165) is 16.0 Å². The van der Waals surface area contributed by atoms with E-state index in [1.165, 1.54) is 24.3 Å². The highest BCUT2D eigenvalue weighted by molar-refractivity contribution is 6.24. The number of imide groups is 1. The van der Waals surface area contributed by atoms with E-state index < -0.39 is 52.0 Å². The van der Waals surface area contributed by atoms with Gasteiger partial charge in [-0.3, -0.25) is 29.8 Å². The smallest absolute Gasteiger partial charge is 0.325 e. The molecule has 0 saturated carbocycles. The van der Waals surface area contributed by atoms with Gasteiger partial charge >= 0.3 is 5.97 Å². The number of fused-ring (bicyclic) bond motifs is 1. The Labute approximate surface area is 231 Å². The van der Waals surface area contributed by atoms with Crippen LogP contribution in [0.2, 0.25) is 0 Å². The maximum atomic E-state index is 13.9. The largest absolute Gasteiger partial charge is 0.480 e. The minimum Gasteiger partial charge on any atom is -0.480 e. The zero-order valence-electron chi connectivity index (χ0n) is 22.1. The fraction of sp³-hybridized carbons (Fsp3) is 0.258. The second-order valence-electron chi connectivity index (χ2n) is 10.3. The van der Waals surface area contributed by atoms with Gasteiger partial charge in [0.15, 0.2) is 0 Å². The molecule has 2 amide bonds. The van der Waals surface area contributed by atoms with E-state index in [4.69, 9.17) is 0 Å².